The molecule has 0 aliphatic heterocycles. The standard InChI is InChI=1S/C15H19N3OS/c1-9-14(20-11(3)17-9)13-8-16-10(2)18-15(13)19-7-6-12-4-5-12/h8,12H,4-7H2,1-3H3. The van der Waals surface area contributed by atoms with Gasteiger partial charge in [-0.05, 0) is 33.1 Å². The highest BCUT2D eigenvalue weighted by Crippen LogP contribution is 2.36. The first kappa shape index (κ1) is 13.5. The largest absolute Gasteiger partial charge is 0.477 e. The maximum Gasteiger partial charge on any atom is 0.225 e. The molecule has 4 nitrogen and oxygen atoms in total. The van der Waals surface area contributed by atoms with Gasteiger partial charge in [-0.25, -0.2) is 9.97 Å². The normalized spacial score (nSPS) is 14.6. The van der Waals surface area contributed by atoms with E-state index in [9.17, 15) is 0 Å². The van der Waals surface area contributed by atoms with Crippen molar-refractivity contribution in [1.29, 1.82) is 0 Å². The highest BCUT2D eigenvalue weighted by Gasteiger charge is 2.21. The SMILES string of the molecule is Cc1ncc(-c2sc(C)nc2C)c(OCCC2CC2)n1. The maximum absolute atomic E-state index is 5.92. The molecule has 1 aliphatic carbocycles. The van der Waals surface area contributed by atoms with Crippen LogP contribution in [-0.4, -0.2) is 21.6 Å². The van der Waals surface area contributed by atoms with Gasteiger partial charge in [0.2, 0.25) is 5.88 Å². The molecular formula is C15H19N3OS. The van der Waals surface area contributed by atoms with Crippen LogP contribution in [0.25, 0.3) is 10.4 Å². The van der Waals surface area contributed by atoms with E-state index in [1.165, 1.54) is 12.8 Å². The number of ether oxygens (including phenoxy) is 1. The lowest BCUT2D eigenvalue weighted by Crippen LogP contribution is -2.03. The molecule has 0 spiro atoms. The lowest BCUT2D eigenvalue weighted by atomic mass is 10.2. The maximum atomic E-state index is 5.92. The zero-order valence-corrected chi connectivity index (χ0v) is 13.0. The van der Waals surface area contributed by atoms with Gasteiger partial charge in [-0.1, -0.05) is 12.8 Å². The van der Waals surface area contributed by atoms with E-state index in [0.717, 1.165) is 45.9 Å². The van der Waals surface area contributed by atoms with Crippen molar-refractivity contribution in [2.45, 2.75) is 40.0 Å². The summed E-state index contributed by atoms with van der Waals surface area (Å²) in [5.41, 5.74) is 1.99. The molecular weight excluding hydrogens is 270 g/mol. The first-order valence-corrected chi connectivity index (χ1v) is 7.86. The van der Waals surface area contributed by atoms with Gasteiger partial charge < -0.3 is 4.74 Å². The Labute approximate surface area is 123 Å². The minimum Gasteiger partial charge on any atom is -0.477 e. The summed E-state index contributed by atoms with van der Waals surface area (Å²) in [5, 5.41) is 1.06. The highest BCUT2D eigenvalue weighted by atomic mass is 32.1. The minimum absolute atomic E-state index is 0.699. The molecule has 0 unspecified atom stereocenters. The van der Waals surface area contributed by atoms with E-state index in [4.69, 9.17) is 4.74 Å². The van der Waals surface area contributed by atoms with Gasteiger partial charge in [0.15, 0.2) is 0 Å². The molecule has 0 radical (unpaired) electrons. The van der Waals surface area contributed by atoms with Gasteiger partial charge >= 0.3 is 0 Å². The molecule has 0 atom stereocenters. The van der Waals surface area contributed by atoms with Crippen molar-refractivity contribution in [3.63, 3.8) is 0 Å². The van der Waals surface area contributed by atoms with Gasteiger partial charge in [-0.2, -0.15) is 4.98 Å². The van der Waals surface area contributed by atoms with Crippen LogP contribution in [0.15, 0.2) is 6.20 Å². The molecule has 0 aromatic carbocycles. The van der Waals surface area contributed by atoms with E-state index in [1.807, 2.05) is 27.0 Å². The van der Waals surface area contributed by atoms with E-state index in [-0.39, 0.29) is 0 Å². The van der Waals surface area contributed by atoms with E-state index in [0.29, 0.717) is 5.88 Å². The summed E-state index contributed by atoms with van der Waals surface area (Å²) >= 11 is 1.67. The molecule has 1 saturated carbocycles. The molecule has 5 heteroatoms. The Hall–Kier alpha value is -1.49. The van der Waals surface area contributed by atoms with Gasteiger partial charge in [-0.15, -0.1) is 11.3 Å². The van der Waals surface area contributed by atoms with Crippen LogP contribution in [0.4, 0.5) is 0 Å². The van der Waals surface area contributed by atoms with Crippen molar-refractivity contribution in [3.8, 4) is 16.3 Å². The topological polar surface area (TPSA) is 47.9 Å². The Morgan fingerprint density at radius 2 is 2.05 bits per heavy atom. The van der Waals surface area contributed by atoms with Gasteiger partial charge in [0, 0.05) is 6.20 Å². The molecule has 0 N–H and O–H groups in total. The second-order valence-corrected chi connectivity index (χ2v) is 6.57. The summed E-state index contributed by atoms with van der Waals surface area (Å²) in [6, 6.07) is 0. The summed E-state index contributed by atoms with van der Waals surface area (Å²) in [5.74, 6) is 2.31. The Morgan fingerprint density at radius 1 is 1.25 bits per heavy atom. The monoisotopic (exact) mass is 289 g/mol. The predicted octanol–water partition coefficient (Wildman–Crippen LogP) is 3.70. The predicted molar refractivity (Wildman–Crippen MR) is 80.2 cm³/mol. The molecule has 0 bridgehead atoms. The summed E-state index contributed by atoms with van der Waals surface area (Å²) in [7, 11) is 0. The van der Waals surface area contributed by atoms with Crippen molar-refractivity contribution in [1.82, 2.24) is 15.0 Å². The number of hydrogen-bond acceptors (Lipinski definition) is 5. The number of nitrogens with zero attached hydrogens (tertiary/aromatic N) is 3. The third kappa shape index (κ3) is 2.98. The van der Waals surface area contributed by atoms with Gasteiger partial charge in [0.1, 0.15) is 5.82 Å². The van der Waals surface area contributed by atoms with Gasteiger partial charge in [-0.3, -0.25) is 0 Å². The van der Waals surface area contributed by atoms with Crippen molar-refractivity contribution in [2.24, 2.45) is 5.92 Å². The number of aromatic nitrogens is 3. The molecule has 0 saturated heterocycles. The molecule has 106 valence electrons. The minimum atomic E-state index is 0.699. The van der Waals surface area contributed by atoms with Crippen LogP contribution in [-0.2, 0) is 0 Å². The molecule has 1 fully saturated rings. The Bertz CT molecular complexity index is 620. The number of rotatable bonds is 5. The molecule has 2 heterocycles. The van der Waals surface area contributed by atoms with E-state index in [2.05, 4.69) is 15.0 Å². The number of hydrogen-bond donors (Lipinski definition) is 0. The van der Waals surface area contributed by atoms with E-state index in [1.54, 1.807) is 11.3 Å². The zero-order valence-electron chi connectivity index (χ0n) is 12.1. The zero-order chi connectivity index (χ0) is 14.1. The molecule has 2 aromatic heterocycles. The first-order chi connectivity index (χ1) is 9.63. The Balaban J connectivity index is 1.86. The summed E-state index contributed by atoms with van der Waals surface area (Å²) < 4.78 is 5.92. The number of thiazole rings is 1. The van der Waals surface area contributed by atoms with Crippen molar-refractivity contribution >= 4 is 11.3 Å². The summed E-state index contributed by atoms with van der Waals surface area (Å²) in [6.07, 6.45) is 5.69. The Morgan fingerprint density at radius 3 is 2.70 bits per heavy atom. The molecule has 2 aromatic rings. The van der Waals surface area contributed by atoms with Crippen molar-refractivity contribution < 1.29 is 4.74 Å². The quantitative estimate of drug-likeness (QED) is 0.842. The highest BCUT2D eigenvalue weighted by molar-refractivity contribution is 7.15. The lowest BCUT2D eigenvalue weighted by molar-refractivity contribution is 0.291. The van der Waals surface area contributed by atoms with E-state index >= 15 is 0 Å². The molecule has 20 heavy (non-hydrogen) atoms. The van der Waals surface area contributed by atoms with Crippen LogP contribution < -0.4 is 4.74 Å². The lowest BCUT2D eigenvalue weighted by Gasteiger charge is -2.09. The van der Waals surface area contributed by atoms with Crippen LogP contribution >= 0.6 is 11.3 Å². The molecule has 1 aliphatic rings. The fraction of sp³-hybridized carbons (Fsp3) is 0.533. The van der Waals surface area contributed by atoms with Crippen molar-refractivity contribution in [3.05, 3.63) is 22.7 Å². The molecule has 3 rings (SSSR count). The smallest absolute Gasteiger partial charge is 0.225 e. The van der Waals surface area contributed by atoms with Crippen LogP contribution in [0, 0.1) is 26.7 Å². The fourth-order valence-electron chi connectivity index (χ4n) is 2.23. The van der Waals surface area contributed by atoms with Gasteiger partial charge in [0.25, 0.3) is 0 Å². The third-order valence-electron chi connectivity index (χ3n) is 3.48. The summed E-state index contributed by atoms with van der Waals surface area (Å²) in [6.45, 7) is 6.67. The second kappa shape index (κ2) is 5.48. The average Bonchev–Trinajstić information content (AvgIpc) is 3.15. The van der Waals surface area contributed by atoms with Crippen LogP contribution in [0.5, 0.6) is 5.88 Å². The van der Waals surface area contributed by atoms with Crippen LogP contribution in [0.1, 0.15) is 35.8 Å². The van der Waals surface area contributed by atoms with Crippen LogP contribution in [0.3, 0.4) is 0 Å². The average molecular weight is 289 g/mol. The summed E-state index contributed by atoms with van der Waals surface area (Å²) in [4.78, 5) is 14.4. The third-order valence-corrected chi connectivity index (χ3v) is 4.59. The van der Waals surface area contributed by atoms with Crippen LogP contribution in [0.2, 0.25) is 0 Å². The Kier molecular flexibility index (Phi) is 3.70. The van der Waals surface area contributed by atoms with E-state index < -0.39 is 0 Å². The number of aryl methyl sites for hydroxylation is 3. The molecule has 0 amide bonds. The first-order valence-electron chi connectivity index (χ1n) is 7.04. The van der Waals surface area contributed by atoms with Crippen molar-refractivity contribution in [2.75, 3.05) is 6.61 Å². The fourth-order valence-corrected chi connectivity index (χ4v) is 3.15. The second-order valence-electron chi connectivity index (χ2n) is 5.36. The van der Waals surface area contributed by atoms with Gasteiger partial charge in [0.05, 0.1) is 27.7 Å².